The van der Waals surface area contributed by atoms with Crippen LogP contribution in [0.4, 0.5) is 5.69 Å². The Morgan fingerprint density at radius 2 is 1.23 bits per heavy atom. The standard InChI is InChI=1S/C25H46N2O3S/c1-3-4-5-6-7-8-9-10-11-12-13-14-15-16-17-18-21-27-31(28,29)23-19-20-25(30-2)24(26)22-23/h19-20,22,27H,3-18,21,26H2,1-2H3. The number of methoxy groups -OCH3 is 1. The van der Waals surface area contributed by atoms with Crippen LogP contribution in [0.1, 0.15) is 110 Å². The van der Waals surface area contributed by atoms with Crippen LogP contribution in [0.25, 0.3) is 0 Å². The monoisotopic (exact) mass is 454 g/mol. The van der Waals surface area contributed by atoms with E-state index in [1.165, 1.54) is 109 Å². The first kappa shape index (κ1) is 27.8. The molecule has 0 aromatic heterocycles. The molecule has 1 aromatic carbocycles. The zero-order chi connectivity index (χ0) is 22.8. The molecule has 5 nitrogen and oxygen atoms in total. The number of hydrogen-bond donors (Lipinski definition) is 2. The van der Waals surface area contributed by atoms with E-state index in [-0.39, 0.29) is 4.90 Å². The van der Waals surface area contributed by atoms with Gasteiger partial charge in [-0.2, -0.15) is 0 Å². The van der Waals surface area contributed by atoms with Gasteiger partial charge in [-0.1, -0.05) is 103 Å². The molecule has 0 unspecified atom stereocenters. The minimum Gasteiger partial charge on any atom is -0.495 e. The normalized spacial score (nSPS) is 11.7. The molecule has 0 aliphatic carbocycles. The Morgan fingerprint density at radius 1 is 0.774 bits per heavy atom. The Labute approximate surface area is 191 Å². The van der Waals surface area contributed by atoms with Crippen molar-refractivity contribution >= 4 is 15.7 Å². The number of nitrogens with one attached hydrogen (secondary N) is 1. The Morgan fingerprint density at radius 3 is 1.65 bits per heavy atom. The van der Waals surface area contributed by atoms with Gasteiger partial charge in [-0.05, 0) is 24.6 Å². The van der Waals surface area contributed by atoms with Crippen molar-refractivity contribution in [3.8, 4) is 5.75 Å². The minimum atomic E-state index is -3.51. The number of hydrogen-bond acceptors (Lipinski definition) is 4. The van der Waals surface area contributed by atoms with Crippen LogP contribution in [0.15, 0.2) is 23.1 Å². The zero-order valence-corrected chi connectivity index (χ0v) is 20.8. The van der Waals surface area contributed by atoms with Crippen molar-refractivity contribution in [2.24, 2.45) is 0 Å². The molecule has 0 aliphatic heterocycles. The quantitative estimate of drug-likeness (QED) is 0.167. The summed E-state index contributed by atoms with van der Waals surface area (Å²) in [5.74, 6) is 0.483. The lowest BCUT2D eigenvalue weighted by molar-refractivity contribution is 0.416. The number of nitrogen functional groups attached to an aromatic ring is 1. The summed E-state index contributed by atoms with van der Waals surface area (Å²) in [6.45, 7) is 2.74. The molecule has 31 heavy (non-hydrogen) atoms. The van der Waals surface area contributed by atoms with Crippen molar-refractivity contribution in [1.29, 1.82) is 0 Å². The summed E-state index contributed by atoms with van der Waals surface area (Å²) in [5.41, 5.74) is 6.13. The highest BCUT2D eigenvalue weighted by molar-refractivity contribution is 7.89. The summed E-state index contributed by atoms with van der Waals surface area (Å²) in [4.78, 5) is 0.183. The van der Waals surface area contributed by atoms with Crippen molar-refractivity contribution in [3.05, 3.63) is 18.2 Å². The van der Waals surface area contributed by atoms with Gasteiger partial charge in [0.05, 0.1) is 17.7 Å². The average molecular weight is 455 g/mol. The fraction of sp³-hybridized carbons (Fsp3) is 0.760. The summed E-state index contributed by atoms with van der Waals surface area (Å²) in [6.07, 6.45) is 20.9. The second kappa shape index (κ2) is 17.3. The van der Waals surface area contributed by atoms with Gasteiger partial charge in [0.2, 0.25) is 10.0 Å². The summed E-state index contributed by atoms with van der Waals surface area (Å²) in [5, 5.41) is 0. The van der Waals surface area contributed by atoms with E-state index in [2.05, 4.69) is 11.6 Å². The third-order valence-corrected chi connectivity index (χ3v) is 7.29. The maximum absolute atomic E-state index is 12.3. The Kier molecular flexibility index (Phi) is 15.5. The predicted molar refractivity (Wildman–Crippen MR) is 132 cm³/mol. The summed E-state index contributed by atoms with van der Waals surface area (Å²) >= 11 is 0. The molecule has 0 fully saturated rings. The summed E-state index contributed by atoms with van der Waals surface area (Å²) in [6, 6.07) is 4.54. The van der Waals surface area contributed by atoms with Gasteiger partial charge in [-0.3, -0.25) is 0 Å². The van der Waals surface area contributed by atoms with Crippen LogP contribution in [-0.2, 0) is 10.0 Å². The van der Waals surface area contributed by atoms with Gasteiger partial charge in [-0.15, -0.1) is 0 Å². The lowest BCUT2D eigenvalue weighted by Gasteiger charge is -2.09. The largest absolute Gasteiger partial charge is 0.495 e. The van der Waals surface area contributed by atoms with E-state index in [0.29, 0.717) is 18.0 Å². The van der Waals surface area contributed by atoms with Crippen molar-refractivity contribution in [3.63, 3.8) is 0 Å². The highest BCUT2D eigenvalue weighted by Crippen LogP contribution is 2.24. The molecule has 1 aromatic rings. The third-order valence-electron chi connectivity index (χ3n) is 5.83. The molecule has 0 radical (unpaired) electrons. The van der Waals surface area contributed by atoms with Crippen molar-refractivity contribution in [2.75, 3.05) is 19.4 Å². The molecule has 0 aliphatic rings. The topological polar surface area (TPSA) is 81.4 Å². The molecule has 0 bridgehead atoms. The Hall–Kier alpha value is -1.27. The van der Waals surface area contributed by atoms with E-state index in [9.17, 15) is 8.42 Å². The molecule has 0 saturated heterocycles. The highest BCUT2D eigenvalue weighted by atomic mass is 32.2. The van der Waals surface area contributed by atoms with E-state index >= 15 is 0 Å². The number of nitrogens with two attached hydrogens (primary N) is 1. The van der Waals surface area contributed by atoms with E-state index in [4.69, 9.17) is 10.5 Å². The molecule has 0 saturated carbocycles. The van der Waals surface area contributed by atoms with Crippen LogP contribution >= 0.6 is 0 Å². The fourth-order valence-electron chi connectivity index (χ4n) is 3.84. The van der Waals surface area contributed by atoms with Gasteiger partial charge < -0.3 is 10.5 Å². The van der Waals surface area contributed by atoms with Gasteiger partial charge in [0.15, 0.2) is 0 Å². The van der Waals surface area contributed by atoms with Gasteiger partial charge in [-0.25, -0.2) is 13.1 Å². The second-order valence-corrected chi connectivity index (χ2v) is 10.4. The molecular formula is C25H46N2O3S. The first-order chi connectivity index (χ1) is 15.0. The van der Waals surface area contributed by atoms with Crippen LogP contribution in [0.2, 0.25) is 0 Å². The number of anilines is 1. The summed E-state index contributed by atoms with van der Waals surface area (Å²) in [7, 11) is -2.00. The lowest BCUT2D eigenvalue weighted by Crippen LogP contribution is -2.24. The van der Waals surface area contributed by atoms with E-state index in [0.717, 1.165) is 12.8 Å². The van der Waals surface area contributed by atoms with Gasteiger partial charge >= 0.3 is 0 Å². The van der Waals surface area contributed by atoms with Gasteiger partial charge in [0, 0.05) is 6.54 Å². The van der Waals surface area contributed by atoms with Crippen LogP contribution < -0.4 is 15.2 Å². The summed E-state index contributed by atoms with van der Waals surface area (Å²) < 4.78 is 32.4. The number of unbranched alkanes of at least 4 members (excludes halogenated alkanes) is 15. The van der Waals surface area contributed by atoms with Crippen LogP contribution in [0, 0.1) is 0 Å². The predicted octanol–water partition coefficient (Wildman–Crippen LogP) is 6.82. The van der Waals surface area contributed by atoms with Crippen molar-refractivity contribution in [1.82, 2.24) is 4.72 Å². The Balaban J connectivity index is 1.95. The van der Waals surface area contributed by atoms with E-state index in [1.54, 1.807) is 6.07 Å². The number of sulfonamides is 1. The highest BCUT2D eigenvalue weighted by Gasteiger charge is 2.14. The maximum atomic E-state index is 12.3. The lowest BCUT2D eigenvalue weighted by atomic mass is 10.0. The fourth-order valence-corrected chi connectivity index (χ4v) is 4.95. The molecule has 1 rings (SSSR count). The van der Waals surface area contributed by atoms with E-state index < -0.39 is 10.0 Å². The maximum Gasteiger partial charge on any atom is 0.240 e. The molecule has 180 valence electrons. The average Bonchev–Trinajstić information content (AvgIpc) is 2.75. The van der Waals surface area contributed by atoms with Crippen molar-refractivity contribution in [2.45, 2.75) is 115 Å². The number of rotatable bonds is 20. The molecule has 0 heterocycles. The van der Waals surface area contributed by atoms with E-state index in [1.807, 2.05) is 0 Å². The van der Waals surface area contributed by atoms with Crippen LogP contribution in [0.5, 0.6) is 5.75 Å². The SMILES string of the molecule is CCCCCCCCCCCCCCCCCCNS(=O)(=O)c1ccc(OC)c(N)c1. The second-order valence-electron chi connectivity index (χ2n) is 8.60. The minimum absolute atomic E-state index is 0.183. The molecule has 3 N–H and O–H groups in total. The van der Waals surface area contributed by atoms with Gasteiger partial charge in [0.25, 0.3) is 0 Å². The molecular weight excluding hydrogens is 408 g/mol. The Bertz CT molecular complexity index is 677. The van der Waals surface area contributed by atoms with Crippen LogP contribution in [-0.4, -0.2) is 22.1 Å². The zero-order valence-electron chi connectivity index (χ0n) is 20.0. The molecule has 0 amide bonds. The molecule has 0 atom stereocenters. The van der Waals surface area contributed by atoms with Gasteiger partial charge in [0.1, 0.15) is 5.75 Å². The molecule has 0 spiro atoms. The smallest absolute Gasteiger partial charge is 0.240 e. The first-order valence-electron chi connectivity index (χ1n) is 12.4. The van der Waals surface area contributed by atoms with Crippen LogP contribution in [0.3, 0.4) is 0 Å². The van der Waals surface area contributed by atoms with Crippen molar-refractivity contribution < 1.29 is 13.2 Å². The number of benzene rings is 1. The molecule has 6 heteroatoms. The first-order valence-corrected chi connectivity index (χ1v) is 13.9. The third kappa shape index (κ3) is 13.0. The number of ether oxygens (including phenoxy) is 1.